The highest BCUT2D eigenvalue weighted by molar-refractivity contribution is 14.1. The minimum absolute atomic E-state index is 0.173. The molecule has 0 saturated carbocycles. The first-order valence-electron chi connectivity index (χ1n) is 14.1. The summed E-state index contributed by atoms with van der Waals surface area (Å²) in [6.45, 7) is 2.28. The van der Waals surface area contributed by atoms with Crippen molar-refractivity contribution in [1.82, 2.24) is 4.57 Å². The van der Waals surface area contributed by atoms with Crippen molar-refractivity contribution in [1.29, 1.82) is 0 Å². The van der Waals surface area contributed by atoms with E-state index >= 15 is 0 Å². The first-order valence-corrected chi connectivity index (χ1v) is 18.0. The van der Waals surface area contributed by atoms with Gasteiger partial charge in [0, 0.05) is 25.1 Å². The van der Waals surface area contributed by atoms with E-state index < -0.39 is 12.0 Å². The third-order valence-electron chi connectivity index (χ3n) is 7.18. The average molecular weight is 891 g/mol. The molecule has 6 rings (SSSR count). The number of thiazole rings is 1. The van der Waals surface area contributed by atoms with Crippen LogP contribution in [0.25, 0.3) is 11.8 Å². The zero-order valence-corrected chi connectivity index (χ0v) is 31.1. The molecule has 0 spiro atoms. The van der Waals surface area contributed by atoms with Gasteiger partial charge >= 0.3 is 5.97 Å². The number of rotatable bonds is 8. The lowest BCUT2D eigenvalue weighted by Crippen LogP contribution is -2.40. The minimum atomic E-state index is -0.791. The van der Waals surface area contributed by atoms with Crippen LogP contribution in [0.2, 0.25) is 5.02 Å². The van der Waals surface area contributed by atoms with Gasteiger partial charge in [0.05, 0.1) is 32.0 Å². The van der Waals surface area contributed by atoms with Gasteiger partial charge < -0.3 is 9.47 Å². The lowest BCUT2D eigenvalue weighted by molar-refractivity contribution is -0.138. The fraction of sp³-hybridized carbons (Fsp3) is 0.114. The predicted octanol–water partition coefficient (Wildman–Crippen LogP) is 8.30. The van der Waals surface area contributed by atoms with Crippen molar-refractivity contribution in [2.24, 2.45) is 4.99 Å². The maximum absolute atomic E-state index is 14.4. The van der Waals surface area contributed by atoms with Gasteiger partial charge in [-0.2, -0.15) is 0 Å². The Kier molecular flexibility index (Phi) is 10.3. The number of carbonyl (C=O) groups is 1. The van der Waals surface area contributed by atoms with Crippen LogP contribution >= 0.6 is 77.4 Å². The lowest BCUT2D eigenvalue weighted by Gasteiger charge is -2.26. The van der Waals surface area contributed by atoms with Gasteiger partial charge in [0.25, 0.3) is 5.56 Å². The van der Waals surface area contributed by atoms with Gasteiger partial charge in [0.2, 0.25) is 0 Å². The second-order valence-electron chi connectivity index (χ2n) is 10.2. The van der Waals surface area contributed by atoms with E-state index in [1.165, 1.54) is 11.3 Å². The summed E-state index contributed by atoms with van der Waals surface area (Å²) in [5.41, 5.74) is 3.65. The number of hydrogen-bond donors (Lipinski definition) is 0. The van der Waals surface area contributed by atoms with Crippen LogP contribution < -0.4 is 19.6 Å². The topological polar surface area (TPSA) is 69.9 Å². The number of halogens is 4. The molecule has 4 aromatic carbocycles. The molecule has 2 heterocycles. The maximum atomic E-state index is 14.4. The molecule has 0 unspecified atom stereocenters. The number of ether oxygens (including phenoxy) is 2. The van der Waals surface area contributed by atoms with Gasteiger partial charge in [-0.25, -0.2) is 9.79 Å². The Morgan fingerprint density at radius 3 is 2.43 bits per heavy atom. The number of aromatic nitrogens is 1. The van der Waals surface area contributed by atoms with Crippen molar-refractivity contribution >= 4 is 95.1 Å². The molecule has 1 aromatic heterocycles. The number of carbonyl (C=O) groups excluding carboxylic acids is 1. The summed E-state index contributed by atoms with van der Waals surface area (Å²) in [7, 11) is 0. The molecule has 46 heavy (non-hydrogen) atoms. The molecule has 0 fully saturated rings. The SMILES string of the molecule is CCOC(=O)C1=C(c2ccccc2)N=c2s/c(=C\c3cc(Br)cc(I)c3OCc3ccc(Br)cc3)c(=O)n2[C@H]1c1ccc(Cl)cc1. The molecular weight excluding hydrogens is 867 g/mol. The summed E-state index contributed by atoms with van der Waals surface area (Å²) in [6.07, 6.45) is 1.82. The first kappa shape index (κ1) is 32.9. The molecule has 6 nitrogen and oxygen atoms in total. The molecule has 1 aliphatic heterocycles. The van der Waals surface area contributed by atoms with Crippen molar-refractivity contribution in [2.75, 3.05) is 6.61 Å². The quantitative estimate of drug-likeness (QED) is 0.116. The standard InChI is InChI=1S/C35H24Br2ClIN2O4S/c1-2-44-34(43)29-30(21-6-4-3-5-7-21)40-35-41(31(29)22-10-14-26(38)15-11-22)33(42)28(46-35)17-23-16-25(37)18-27(39)32(23)45-19-20-8-12-24(36)13-9-20/h3-18,31H,2,19H2,1H3/b28-17-/t31-/m0/s1. The van der Waals surface area contributed by atoms with Gasteiger partial charge in [-0.15, -0.1) is 0 Å². The van der Waals surface area contributed by atoms with Crippen molar-refractivity contribution < 1.29 is 14.3 Å². The largest absolute Gasteiger partial charge is 0.487 e. The number of esters is 1. The second-order valence-corrected chi connectivity index (χ2v) is 14.6. The first-order chi connectivity index (χ1) is 22.2. The van der Waals surface area contributed by atoms with Gasteiger partial charge in [0.15, 0.2) is 4.80 Å². The summed E-state index contributed by atoms with van der Waals surface area (Å²) in [4.78, 5) is 33.4. The maximum Gasteiger partial charge on any atom is 0.338 e. The van der Waals surface area contributed by atoms with Crippen LogP contribution in [-0.4, -0.2) is 17.1 Å². The Morgan fingerprint density at radius 2 is 1.74 bits per heavy atom. The smallest absolute Gasteiger partial charge is 0.338 e. The molecule has 0 N–H and O–H groups in total. The van der Waals surface area contributed by atoms with Crippen LogP contribution in [0, 0.1) is 3.57 Å². The number of fused-ring (bicyclic) bond motifs is 1. The number of benzene rings is 4. The second kappa shape index (κ2) is 14.4. The minimum Gasteiger partial charge on any atom is -0.487 e. The van der Waals surface area contributed by atoms with Crippen LogP contribution in [0.1, 0.15) is 35.2 Å². The highest BCUT2D eigenvalue weighted by Crippen LogP contribution is 2.36. The van der Waals surface area contributed by atoms with Gasteiger partial charge in [-0.3, -0.25) is 9.36 Å². The normalized spacial score (nSPS) is 14.5. The highest BCUT2D eigenvalue weighted by atomic mass is 127. The van der Waals surface area contributed by atoms with Crippen LogP contribution in [0.15, 0.2) is 115 Å². The predicted molar refractivity (Wildman–Crippen MR) is 198 cm³/mol. The summed E-state index contributed by atoms with van der Waals surface area (Å²) < 4.78 is 16.6. The summed E-state index contributed by atoms with van der Waals surface area (Å²) >= 11 is 16.8. The molecule has 0 bridgehead atoms. The fourth-order valence-corrected chi connectivity index (χ4v) is 8.21. The zero-order valence-electron chi connectivity index (χ0n) is 24.2. The highest BCUT2D eigenvalue weighted by Gasteiger charge is 2.35. The average Bonchev–Trinajstić information content (AvgIpc) is 3.35. The van der Waals surface area contributed by atoms with Crippen LogP contribution in [0.5, 0.6) is 5.75 Å². The molecule has 0 amide bonds. The van der Waals surface area contributed by atoms with E-state index in [0.29, 0.717) is 38.0 Å². The van der Waals surface area contributed by atoms with Gasteiger partial charge in [0.1, 0.15) is 12.4 Å². The molecule has 11 heteroatoms. The Balaban J connectivity index is 1.55. The molecule has 1 aliphatic rings. The Labute approximate surface area is 304 Å². The van der Waals surface area contributed by atoms with Crippen molar-refractivity contribution in [3.05, 3.63) is 156 Å². The third kappa shape index (κ3) is 6.96. The summed E-state index contributed by atoms with van der Waals surface area (Å²) in [5, 5.41) is 0.543. The van der Waals surface area contributed by atoms with Crippen LogP contribution in [0.4, 0.5) is 0 Å². The van der Waals surface area contributed by atoms with E-state index in [4.69, 9.17) is 26.1 Å². The zero-order chi connectivity index (χ0) is 32.4. The Bertz CT molecular complexity index is 2150. The molecule has 1 atom stereocenters. The lowest BCUT2D eigenvalue weighted by atomic mass is 9.93. The summed E-state index contributed by atoms with van der Waals surface area (Å²) in [5.74, 6) is 0.119. The number of hydrogen-bond acceptors (Lipinski definition) is 6. The summed E-state index contributed by atoms with van der Waals surface area (Å²) in [6, 6.07) is 27.6. The van der Waals surface area contributed by atoms with Crippen molar-refractivity contribution in [3.8, 4) is 5.75 Å². The van der Waals surface area contributed by atoms with Gasteiger partial charge in [-0.1, -0.05) is 109 Å². The Hall–Kier alpha value is -3.03. The van der Waals surface area contributed by atoms with E-state index in [9.17, 15) is 9.59 Å². The van der Waals surface area contributed by atoms with Gasteiger partial charge in [-0.05, 0) is 83.1 Å². The third-order valence-corrected chi connectivity index (χ3v) is 10.2. The number of nitrogens with zero attached hydrogens (tertiary/aromatic N) is 2. The molecule has 0 saturated heterocycles. The monoisotopic (exact) mass is 888 g/mol. The molecule has 5 aromatic rings. The van der Waals surface area contributed by atoms with Crippen molar-refractivity contribution in [2.45, 2.75) is 19.6 Å². The van der Waals surface area contributed by atoms with Crippen LogP contribution in [-0.2, 0) is 16.1 Å². The van der Waals surface area contributed by atoms with E-state index in [0.717, 1.165) is 29.2 Å². The van der Waals surface area contributed by atoms with E-state index in [-0.39, 0.29) is 17.7 Å². The van der Waals surface area contributed by atoms with Crippen molar-refractivity contribution in [3.63, 3.8) is 0 Å². The molecule has 232 valence electrons. The molecule has 0 radical (unpaired) electrons. The Morgan fingerprint density at radius 1 is 1.02 bits per heavy atom. The molecule has 0 aliphatic carbocycles. The van der Waals surface area contributed by atoms with Crippen LogP contribution in [0.3, 0.4) is 0 Å². The molecular formula is C35H24Br2ClIN2O4S. The fourth-order valence-electron chi connectivity index (χ4n) is 5.12. The van der Waals surface area contributed by atoms with E-state index in [2.05, 4.69) is 54.5 Å². The van der Waals surface area contributed by atoms with E-state index in [1.807, 2.05) is 84.9 Å². The van der Waals surface area contributed by atoms with E-state index in [1.54, 1.807) is 23.6 Å².